The number of halogens is 2. The van der Waals surface area contributed by atoms with Crippen LogP contribution < -0.4 is 14.2 Å². The maximum Gasteiger partial charge on any atom is 0.171 e. The molecular weight excluding hydrogens is 891 g/mol. The highest BCUT2D eigenvalue weighted by atomic mass is 28.3. The number of aliphatic hydroxyl groups excluding tert-OH is 1. The molecule has 69 heavy (non-hydrogen) atoms. The number of aromatic amines is 1. The van der Waals surface area contributed by atoms with E-state index in [2.05, 4.69) is 78.0 Å². The SMILES string of the molecule is C.C.C.C.COc1cc(Cc2c[nH]c3ncccc23)c(F)cc1OCc1ccncc1.COc1cc(Cc2cn([Si](C(C)C)(C(C)C)C(C)C)c3ncccc23)c(F)cc1O.OCc1ccncc1. The minimum atomic E-state index is -2.01. The van der Waals surface area contributed by atoms with Crippen LogP contribution in [0.15, 0.2) is 122 Å². The second-order valence-corrected chi connectivity index (χ2v) is 22.4. The molecule has 6 aromatic heterocycles. The van der Waals surface area contributed by atoms with E-state index < -0.39 is 14.1 Å². The number of aromatic nitrogens is 6. The van der Waals surface area contributed by atoms with E-state index in [0.717, 1.165) is 50.4 Å². The Bertz CT molecular complexity index is 2760. The average molecular weight is 965 g/mol. The summed E-state index contributed by atoms with van der Waals surface area (Å²) in [5.41, 5.74) is 8.25. The van der Waals surface area contributed by atoms with Crippen LogP contribution in [0, 0.1) is 11.6 Å². The van der Waals surface area contributed by atoms with E-state index in [1.165, 1.54) is 13.2 Å². The van der Waals surface area contributed by atoms with E-state index in [4.69, 9.17) is 24.3 Å². The summed E-state index contributed by atoms with van der Waals surface area (Å²) in [7, 11) is 1.01. The summed E-state index contributed by atoms with van der Waals surface area (Å²) in [5.74, 6) is 0.198. The van der Waals surface area contributed by atoms with Gasteiger partial charge < -0.3 is 33.6 Å². The number of benzene rings is 2. The number of phenolic OH excluding ortho intramolecular Hbond substituents is 1. The number of hydrogen-bond acceptors (Lipinski definition) is 9. The molecule has 8 aromatic rings. The number of nitrogens with zero attached hydrogens (tertiary/aromatic N) is 5. The van der Waals surface area contributed by atoms with Crippen LogP contribution in [0.2, 0.25) is 16.6 Å². The summed E-state index contributed by atoms with van der Waals surface area (Å²) in [6.45, 7) is 14.4. The molecule has 372 valence electrons. The summed E-state index contributed by atoms with van der Waals surface area (Å²) in [6.07, 6.45) is 15.2. The van der Waals surface area contributed by atoms with Gasteiger partial charge in [0.25, 0.3) is 0 Å². The Hall–Kier alpha value is -6.64. The van der Waals surface area contributed by atoms with Crippen LogP contribution in [0.3, 0.4) is 0 Å². The van der Waals surface area contributed by atoms with E-state index in [1.807, 2.05) is 42.7 Å². The predicted octanol–water partition coefficient (Wildman–Crippen LogP) is 13.9. The van der Waals surface area contributed by atoms with Gasteiger partial charge in [0.05, 0.1) is 20.8 Å². The molecule has 3 N–H and O–H groups in total. The zero-order valence-electron chi connectivity index (χ0n) is 38.2. The van der Waals surface area contributed by atoms with Crippen molar-refractivity contribution in [2.45, 2.75) is 114 Å². The van der Waals surface area contributed by atoms with Crippen molar-refractivity contribution in [3.05, 3.63) is 167 Å². The molecule has 0 atom stereocenters. The molecular formula is C55H74F2N6O5Si. The number of aromatic hydroxyl groups is 1. The largest absolute Gasteiger partial charge is 0.504 e. The Balaban J connectivity index is 0.000000389. The first-order chi connectivity index (χ1) is 31.3. The highest BCUT2D eigenvalue weighted by Crippen LogP contribution is 2.45. The fraction of sp³-hybridized carbons (Fsp3) is 0.345. The molecule has 0 bridgehead atoms. The van der Waals surface area contributed by atoms with E-state index in [0.29, 0.717) is 58.7 Å². The summed E-state index contributed by atoms with van der Waals surface area (Å²) in [6, 6.07) is 20.9. The zero-order valence-corrected chi connectivity index (χ0v) is 39.2. The third-order valence-corrected chi connectivity index (χ3v) is 18.6. The van der Waals surface area contributed by atoms with Gasteiger partial charge in [0, 0.05) is 85.3 Å². The van der Waals surface area contributed by atoms with Gasteiger partial charge in [-0.2, -0.15) is 0 Å². The molecule has 11 nitrogen and oxygen atoms in total. The summed E-state index contributed by atoms with van der Waals surface area (Å²) >= 11 is 0. The van der Waals surface area contributed by atoms with Gasteiger partial charge in [0.1, 0.15) is 29.5 Å². The quantitative estimate of drug-likeness (QED) is 0.0909. The van der Waals surface area contributed by atoms with E-state index in [9.17, 15) is 13.9 Å². The van der Waals surface area contributed by atoms with Crippen molar-refractivity contribution in [3.8, 4) is 23.0 Å². The van der Waals surface area contributed by atoms with E-state index in [-0.39, 0.29) is 53.6 Å². The Morgan fingerprint density at radius 2 is 1.14 bits per heavy atom. The van der Waals surface area contributed by atoms with Crippen LogP contribution in [-0.2, 0) is 26.1 Å². The van der Waals surface area contributed by atoms with Crippen LogP contribution >= 0.6 is 0 Å². The lowest BCUT2D eigenvalue weighted by Gasteiger charge is -2.44. The number of methoxy groups -OCH3 is 2. The molecule has 0 spiro atoms. The summed E-state index contributed by atoms with van der Waals surface area (Å²) in [5, 5.41) is 20.4. The molecule has 14 heteroatoms. The van der Waals surface area contributed by atoms with Crippen molar-refractivity contribution in [1.82, 2.24) is 29.2 Å². The standard InChI is InChI=1S/C24H33FN2O2Si.C21H18FN3O2.C6H7NO.4CH4/c1-15(2)30(16(3)4,17(5)6)27-14-19(20-9-8-10-26-24(20)27)11-18-12-23(29-7)22(28)13-21(18)25;1-26-19-10-15(9-16-12-25-21-17(16)3-2-6-24-21)18(22)11-20(19)27-13-14-4-7-23-8-5-14;8-5-6-1-3-7-4-2-6;;;;/h8-10,12-17,28H,11H2,1-7H3;2-8,10-12H,9,13H2,1H3,(H,24,25);1-4,8H,5H2;4*1H4. The highest BCUT2D eigenvalue weighted by molar-refractivity contribution is 6.82. The van der Waals surface area contributed by atoms with Gasteiger partial charge >= 0.3 is 0 Å². The van der Waals surface area contributed by atoms with Gasteiger partial charge in [-0.25, -0.2) is 18.7 Å². The number of nitrogens with one attached hydrogen (secondary N) is 1. The number of phenols is 1. The van der Waals surface area contributed by atoms with Crippen LogP contribution in [0.5, 0.6) is 23.0 Å². The Kier molecular flexibility index (Phi) is 22.7. The predicted molar refractivity (Wildman–Crippen MR) is 281 cm³/mol. The number of rotatable bonds is 14. The fourth-order valence-electron chi connectivity index (χ4n) is 8.96. The fourth-order valence-corrected chi connectivity index (χ4v) is 15.6. The van der Waals surface area contributed by atoms with Crippen LogP contribution in [0.1, 0.15) is 105 Å². The lowest BCUT2D eigenvalue weighted by atomic mass is 10.0. The number of ether oxygens (including phenoxy) is 3. The molecule has 0 aliphatic heterocycles. The molecule has 0 saturated heterocycles. The zero-order chi connectivity index (χ0) is 46.7. The molecule has 8 rings (SSSR count). The van der Waals surface area contributed by atoms with Crippen molar-refractivity contribution in [2.24, 2.45) is 0 Å². The minimum Gasteiger partial charge on any atom is -0.504 e. The van der Waals surface area contributed by atoms with Gasteiger partial charge in [-0.3, -0.25) is 9.97 Å². The number of fused-ring (bicyclic) bond motifs is 2. The minimum absolute atomic E-state index is 0. The van der Waals surface area contributed by atoms with Gasteiger partial charge in [0.2, 0.25) is 0 Å². The van der Waals surface area contributed by atoms with Gasteiger partial charge in [-0.1, -0.05) is 71.2 Å². The normalized spacial score (nSPS) is 10.8. The number of hydrogen-bond donors (Lipinski definition) is 3. The lowest BCUT2D eigenvalue weighted by Crippen LogP contribution is -2.51. The van der Waals surface area contributed by atoms with Gasteiger partial charge in [-0.05, 0) is 111 Å². The lowest BCUT2D eigenvalue weighted by molar-refractivity contribution is 0.281. The number of aliphatic hydroxyl groups is 1. The Morgan fingerprint density at radius 1 is 0.623 bits per heavy atom. The second kappa shape index (κ2) is 26.8. The molecule has 0 saturated carbocycles. The Labute approximate surface area is 409 Å². The third-order valence-electron chi connectivity index (χ3n) is 11.9. The molecule has 0 aliphatic rings. The maximum absolute atomic E-state index is 14.7. The van der Waals surface area contributed by atoms with Crippen molar-refractivity contribution in [2.75, 3.05) is 14.2 Å². The van der Waals surface area contributed by atoms with Crippen molar-refractivity contribution < 1.29 is 33.2 Å². The first-order valence-corrected chi connectivity index (χ1v) is 23.8. The van der Waals surface area contributed by atoms with E-state index in [1.54, 1.807) is 62.4 Å². The molecule has 0 amide bonds. The smallest absolute Gasteiger partial charge is 0.171 e. The topological polar surface area (TPSA) is 140 Å². The molecule has 0 aliphatic carbocycles. The highest BCUT2D eigenvalue weighted by Gasteiger charge is 2.46. The van der Waals surface area contributed by atoms with Gasteiger partial charge in [0.15, 0.2) is 31.2 Å². The average Bonchev–Trinajstić information content (AvgIpc) is 3.89. The monoisotopic (exact) mass is 965 g/mol. The second-order valence-electron chi connectivity index (χ2n) is 16.7. The number of pyridine rings is 4. The van der Waals surface area contributed by atoms with Crippen LogP contribution in [-0.4, -0.2) is 61.8 Å². The molecule has 0 unspecified atom stereocenters. The molecule has 0 radical (unpaired) electrons. The van der Waals surface area contributed by atoms with Crippen molar-refractivity contribution >= 4 is 30.3 Å². The Morgan fingerprint density at radius 3 is 1.70 bits per heavy atom. The summed E-state index contributed by atoms with van der Waals surface area (Å²) < 4.78 is 48.2. The van der Waals surface area contributed by atoms with Crippen molar-refractivity contribution in [3.63, 3.8) is 0 Å². The summed E-state index contributed by atoms with van der Waals surface area (Å²) in [4.78, 5) is 19.9. The maximum atomic E-state index is 14.7. The molecule has 6 heterocycles. The van der Waals surface area contributed by atoms with Crippen LogP contribution in [0.4, 0.5) is 8.78 Å². The van der Waals surface area contributed by atoms with Gasteiger partial charge in [-0.15, -0.1) is 0 Å². The molecule has 2 aromatic carbocycles. The van der Waals surface area contributed by atoms with Crippen LogP contribution in [0.25, 0.3) is 22.1 Å². The van der Waals surface area contributed by atoms with Crippen molar-refractivity contribution in [1.29, 1.82) is 0 Å². The third kappa shape index (κ3) is 13.3. The first kappa shape index (κ1) is 58.5. The van der Waals surface area contributed by atoms with E-state index >= 15 is 0 Å². The molecule has 0 fully saturated rings. The number of H-pyrrole nitrogens is 1. The first-order valence-electron chi connectivity index (χ1n) is 21.6.